The van der Waals surface area contributed by atoms with E-state index >= 15 is 0 Å². The normalized spacial score (nSPS) is 19.1. The van der Waals surface area contributed by atoms with Gasteiger partial charge in [0.15, 0.2) is 0 Å². The monoisotopic (exact) mass is 290 g/mol. The number of benzene rings is 1. The molecular weight excluding hydrogens is 264 g/mol. The van der Waals surface area contributed by atoms with E-state index in [1.54, 1.807) is 12.1 Å². The summed E-state index contributed by atoms with van der Waals surface area (Å²) in [6.07, 6.45) is 3.00. The number of likely N-dealkylation sites (tertiary alicyclic amines) is 1. The number of nitrogens with one attached hydrogen (secondary N) is 1. The largest absolute Gasteiger partial charge is 0.399 e. The van der Waals surface area contributed by atoms with E-state index in [1.165, 1.54) is 12.8 Å². The summed E-state index contributed by atoms with van der Waals surface area (Å²) in [5.41, 5.74) is 7.14. The van der Waals surface area contributed by atoms with Gasteiger partial charge in [0.1, 0.15) is 0 Å². The molecule has 1 atom stereocenters. The third kappa shape index (κ3) is 5.02. The lowest BCUT2D eigenvalue weighted by atomic mass is 10.2. The molecule has 3 N–H and O–H groups in total. The zero-order valence-corrected chi connectivity index (χ0v) is 13.0. The zero-order valence-electron chi connectivity index (χ0n) is 13.0. The second-order valence-corrected chi connectivity index (χ2v) is 6.01. The predicted octanol–water partition coefficient (Wildman–Crippen LogP) is 1.62. The first-order valence-electron chi connectivity index (χ1n) is 7.59. The Bertz CT molecular complexity index is 458. The Kier molecular flexibility index (Phi) is 5.59. The summed E-state index contributed by atoms with van der Waals surface area (Å²) in [5, 5.41) is 2.92. The molecule has 1 aliphatic rings. The summed E-state index contributed by atoms with van der Waals surface area (Å²) < 4.78 is 0. The average molecular weight is 290 g/mol. The fraction of sp³-hybridized carbons (Fsp3) is 0.562. The van der Waals surface area contributed by atoms with Gasteiger partial charge in [0.25, 0.3) is 0 Å². The van der Waals surface area contributed by atoms with Gasteiger partial charge in [0.05, 0.1) is 0 Å². The summed E-state index contributed by atoms with van der Waals surface area (Å²) in [6.45, 7) is 3.01. The molecule has 0 saturated carbocycles. The zero-order chi connectivity index (χ0) is 15.2. The number of hydrogen-bond acceptors (Lipinski definition) is 4. The van der Waals surface area contributed by atoms with Crippen molar-refractivity contribution in [3.8, 4) is 0 Å². The number of likely N-dealkylation sites (N-methyl/N-ethyl adjacent to an activating group) is 1. The lowest BCUT2D eigenvalue weighted by Crippen LogP contribution is -2.38. The lowest BCUT2D eigenvalue weighted by Gasteiger charge is -2.26. The van der Waals surface area contributed by atoms with Crippen molar-refractivity contribution in [2.45, 2.75) is 25.3 Å². The van der Waals surface area contributed by atoms with Crippen LogP contribution in [0, 0.1) is 0 Å². The molecule has 0 spiro atoms. The van der Waals surface area contributed by atoms with E-state index < -0.39 is 0 Å². The molecule has 1 amide bonds. The second kappa shape index (κ2) is 7.43. The summed E-state index contributed by atoms with van der Waals surface area (Å²) in [4.78, 5) is 16.7. The second-order valence-electron chi connectivity index (χ2n) is 6.01. The van der Waals surface area contributed by atoms with Crippen LogP contribution in [0.5, 0.6) is 0 Å². The molecule has 0 aliphatic carbocycles. The van der Waals surface area contributed by atoms with Crippen LogP contribution >= 0.6 is 0 Å². The third-order valence-electron chi connectivity index (χ3n) is 3.90. The van der Waals surface area contributed by atoms with Crippen LogP contribution in [-0.4, -0.2) is 55.5 Å². The quantitative estimate of drug-likeness (QED) is 0.782. The van der Waals surface area contributed by atoms with Crippen LogP contribution in [-0.2, 0) is 4.79 Å². The van der Waals surface area contributed by atoms with Crippen molar-refractivity contribution in [1.29, 1.82) is 0 Å². The highest BCUT2D eigenvalue weighted by molar-refractivity contribution is 5.90. The molecule has 5 nitrogen and oxygen atoms in total. The molecule has 1 aromatic rings. The minimum absolute atomic E-state index is 0.0651. The van der Waals surface area contributed by atoms with Gasteiger partial charge in [-0.15, -0.1) is 0 Å². The van der Waals surface area contributed by atoms with Gasteiger partial charge >= 0.3 is 0 Å². The summed E-state index contributed by atoms with van der Waals surface area (Å²) in [5.74, 6) is 0.0651. The van der Waals surface area contributed by atoms with Gasteiger partial charge in [0.2, 0.25) is 5.91 Å². The number of rotatable bonds is 6. The molecule has 1 aliphatic heterocycles. The molecule has 1 saturated heterocycles. The Morgan fingerprint density at radius 3 is 2.76 bits per heavy atom. The average Bonchev–Trinajstić information content (AvgIpc) is 2.85. The van der Waals surface area contributed by atoms with Crippen molar-refractivity contribution in [3.05, 3.63) is 24.3 Å². The molecular formula is C16H26N4O. The number of amides is 1. The fourth-order valence-corrected chi connectivity index (χ4v) is 2.85. The maximum absolute atomic E-state index is 12.0. The molecule has 1 unspecified atom stereocenters. The molecule has 2 rings (SSSR count). The fourth-order valence-electron chi connectivity index (χ4n) is 2.85. The van der Waals surface area contributed by atoms with E-state index in [-0.39, 0.29) is 5.91 Å². The number of anilines is 2. The highest BCUT2D eigenvalue weighted by Crippen LogP contribution is 2.18. The van der Waals surface area contributed by atoms with E-state index in [1.807, 2.05) is 12.1 Å². The van der Waals surface area contributed by atoms with E-state index in [9.17, 15) is 4.79 Å². The molecule has 116 valence electrons. The van der Waals surface area contributed by atoms with Crippen LogP contribution in [0.1, 0.15) is 19.3 Å². The van der Waals surface area contributed by atoms with Crippen LogP contribution in [0.15, 0.2) is 24.3 Å². The first-order valence-corrected chi connectivity index (χ1v) is 7.59. The highest BCUT2D eigenvalue weighted by Gasteiger charge is 2.24. The van der Waals surface area contributed by atoms with Crippen molar-refractivity contribution in [3.63, 3.8) is 0 Å². The third-order valence-corrected chi connectivity index (χ3v) is 3.90. The van der Waals surface area contributed by atoms with E-state index in [2.05, 4.69) is 29.2 Å². The van der Waals surface area contributed by atoms with Crippen LogP contribution in [0.2, 0.25) is 0 Å². The van der Waals surface area contributed by atoms with Crippen LogP contribution in [0.4, 0.5) is 11.4 Å². The molecule has 0 aromatic heterocycles. The Labute approximate surface area is 127 Å². The van der Waals surface area contributed by atoms with Crippen LogP contribution in [0.3, 0.4) is 0 Å². The lowest BCUT2D eigenvalue weighted by molar-refractivity contribution is -0.116. The van der Waals surface area contributed by atoms with Gasteiger partial charge in [-0.1, -0.05) is 0 Å². The van der Waals surface area contributed by atoms with Crippen molar-refractivity contribution >= 4 is 17.3 Å². The van der Waals surface area contributed by atoms with E-state index in [0.29, 0.717) is 18.2 Å². The smallest absolute Gasteiger partial charge is 0.225 e. The van der Waals surface area contributed by atoms with E-state index in [4.69, 9.17) is 5.73 Å². The minimum Gasteiger partial charge on any atom is -0.399 e. The predicted molar refractivity (Wildman–Crippen MR) is 87.3 cm³/mol. The summed E-state index contributed by atoms with van der Waals surface area (Å²) >= 11 is 0. The summed E-state index contributed by atoms with van der Waals surface area (Å²) in [6, 6.07) is 7.84. The number of nitrogens with zero attached hydrogens (tertiary/aromatic N) is 2. The molecule has 0 bridgehead atoms. The van der Waals surface area contributed by atoms with Gasteiger partial charge in [-0.05, 0) is 57.7 Å². The maximum Gasteiger partial charge on any atom is 0.225 e. The number of carbonyl (C=O) groups excluding carboxylic acids is 1. The molecule has 5 heteroatoms. The van der Waals surface area contributed by atoms with Gasteiger partial charge in [-0.2, -0.15) is 0 Å². The Morgan fingerprint density at radius 2 is 2.10 bits per heavy atom. The number of hydrogen-bond donors (Lipinski definition) is 2. The molecule has 1 heterocycles. The summed E-state index contributed by atoms with van der Waals surface area (Å²) in [7, 11) is 4.20. The number of nitrogen functional groups attached to an aromatic ring is 1. The van der Waals surface area contributed by atoms with E-state index in [0.717, 1.165) is 25.3 Å². The number of nitrogens with two attached hydrogens (primary N) is 1. The van der Waals surface area contributed by atoms with Crippen molar-refractivity contribution < 1.29 is 4.79 Å². The van der Waals surface area contributed by atoms with Gasteiger partial charge in [0, 0.05) is 36.9 Å². The van der Waals surface area contributed by atoms with Gasteiger partial charge in [-0.3, -0.25) is 9.69 Å². The topological polar surface area (TPSA) is 61.6 Å². The molecule has 1 fully saturated rings. The number of carbonyl (C=O) groups is 1. The highest BCUT2D eigenvalue weighted by atomic mass is 16.1. The van der Waals surface area contributed by atoms with Crippen LogP contribution in [0.25, 0.3) is 0 Å². The first kappa shape index (κ1) is 15.8. The Balaban J connectivity index is 1.76. The first-order chi connectivity index (χ1) is 10.0. The van der Waals surface area contributed by atoms with Gasteiger partial charge < -0.3 is 16.0 Å². The molecule has 21 heavy (non-hydrogen) atoms. The molecule has 1 aromatic carbocycles. The Hall–Kier alpha value is -1.59. The van der Waals surface area contributed by atoms with Crippen molar-refractivity contribution in [2.75, 3.05) is 44.8 Å². The SMILES string of the molecule is CN(C)CC1CCCN1CCC(=O)Nc1ccc(N)cc1. The van der Waals surface area contributed by atoms with Crippen LogP contribution < -0.4 is 11.1 Å². The van der Waals surface area contributed by atoms with Crippen molar-refractivity contribution in [2.24, 2.45) is 0 Å². The maximum atomic E-state index is 12.0. The molecule has 0 radical (unpaired) electrons. The Morgan fingerprint density at radius 1 is 1.38 bits per heavy atom. The van der Waals surface area contributed by atoms with Gasteiger partial charge in [-0.25, -0.2) is 0 Å². The van der Waals surface area contributed by atoms with Crippen molar-refractivity contribution in [1.82, 2.24) is 9.80 Å². The standard InChI is InChI=1S/C16H26N4O/c1-19(2)12-15-4-3-10-20(15)11-9-16(21)18-14-7-5-13(17)6-8-14/h5-8,15H,3-4,9-12,17H2,1-2H3,(H,18,21). The minimum atomic E-state index is 0.0651.